The summed E-state index contributed by atoms with van der Waals surface area (Å²) in [5, 5.41) is 3.78. The molecule has 0 aliphatic carbocycles. The molecule has 1 N–H and O–H groups in total. The summed E-state index contributed by atoms with van der Waals surface area (Å²) in [5.74, 6) is 0.280. The van der Waals surface area contributed by atoms with Crippen LogP contribution in [0.4, 0.5) is 0 Å². The normalized spacial score (nSPS) is 17.5. The van der Waals surface area contributed by atoms with Crippen LogP contribution in [0.3, 0.4) is 0 Å². The van der Waals surface area contributed by atoms with E-state index in [9.17, 15) is 4.79 Å². The van der Waals surface area contributed by atoms with Crippen molar-refractivity contribution in [2.75, 3.05) is 33.4 Å². The van der Waals surface area contributed by atoms with Gasteiger partial charge in [-0.3, -0.25) is 4.79 Å². The van der Waals surface area contributed by atoms with Crippen molar-refractivity contribution in [3.8, 4) is 5.75 Å². The standard InChI is InChI=1S/C17H24Cl2N2O3/c1-12(24-15-5-3-4-14(18)16(15)19)17(22)20-13-6-8-21(9-7-13)10-11-23-2/h3-5,12-13H,6-11H2,1-2H3,(H,20,22)/t12-/m0/s1. The van der Waals surface area contributed by atoms with Gasteiger partial charge in [-0.15, -0.1) is 0 Å². The second-order valence-corrected chi connectivity index (χ2v) is 6.71. The summed E-state index contributed by atoms with van der Waals surface area (Å²) in [4.78, 5) is 14.7. The third kappa shape index (κ3) is 5.52. The maximum Gasteiger partial charge on any atom is 0.260 e. The molecule has 1 aliphatic heterocycles. The van der Waals surface area contributed by atoms with E-state index in [-0.39, 0.29) is 11.9 Å². The van der Waals surface area contributed by atoms with E-state index in [0.29, 0.717) is 15.8 Å². The van der Waals surface area contributed by atoms with Crippen LogP contribution in [0.25, 0.3) is 0 Å². The van der Waals surface area contributed by atoms with Crippen molar-refractivity contribution in [1.29, 1.82) is 0 Å². The van der Waals surface area contributed by atoms with E-state index in [0.717, 1.165) is 39.1 Å². The number of hydrogen-bond donors (Lipinski definition) is 1. The van der Waals surface area contributed by atoms with Crippen molar-refractivity contribution in [3.05, 3.63) is 28.2 Å². The van der Waals surface area contributed by atoms with Gasteiger partial charge in [0.2, 0.25) is 0 Å². The summed E-state index contributed by atoms with van der Waals surface area (Å²) in [6.45, 7) is 5.31. The average Bonchev–Trinajstić information content (AvgIpc) is 2.58. The summed E-state index contributed by atoms with van der Waals surface area (Å²) < 4.78 is 10.7. The molecule has 0 aromatic heterocycles. The Labute approximate surface area is 153 Å². The minimum absolute atomic E-state index is 0.138. The Morgan fingerprint density at radius 2 is 2.08 bits per heavy atom. The number of carbonyl (C=O) groups excluding carboxylic acids is 1. The smallest absolute Gasteiger partial charge is 0.260 e. The number of likely N-dealkylation sites (tertiary alicyclic amines) is 1. The van der Waals surface area contributed by atoms with E-state index >= 15 is 0 Å². The van der Waals surface area contributed by atoms with Gasteiger partial charge in [-0.25, -0.2) is 0 Å². The van der Waals surface area contributed by atoms with Gasteiger partial charge in [0, 0.05) is 32.8 Å². The topological polar surface area (TPSA) is 50.8 Å². The predicted molar refractivity (Wildman–Crippen MR) is 96.0 cm³/mol. The first-order valence-corrected chi connectivity index (χ1v) is 8.89. The lowest BCUT2D eigenvalue weighted by molar-refractivity contribution is -0.128. The maximum atomic E-state index is 12.3. The molecule has 1 aromatic carbocycles. The van der Waals surface area contributed by atoms with Crippen molar-refractivity contribution < 1.29 is 14.3 Å². The van der Waals surface area contributed by atoms with Crippen LogP contribution >= 0.6 is 23.2 Å². The van der Waals surface area contributed by atoms with Crippen molar-refractivity contribution in [2.45, 2.75) is 31.9 Å². The zero-order valence-corrected chi connectivity index (χ0v) is 15.6. The van der Waals surface area contributed by atoms with Crippen molar-refractivity contribution >= 4 is 29.1 Å². The van der Waals surface area contributed by atoms with Gasteiger partial charge in [0.25, 0.3) is 5.91 Å². The van der Waals surface area contributed by atoms with Crippen LogP contribution < -0.4 is 10.1 Å². The summed E-state index contributed by atoms with van der Waals surface area (Å²) in [5.41, 5.74) is 0. The monoisotopic (exact) mass is 374 g/mol. The molecule has 1 aromatic rings. The minimum Gasteiger partial charge on any atom is -0.479 e. The molecule has 0 saturated carbocycles. The van der Waals surface area contributed by atoms with Crippen LogP contribution in [0, 0.1) is 0 Å². The fourth-order valence-electron chi connectivity index (χ4n) is 2.66. The van der Waals surface area contributed by atoms with Crippen LogP contribution in [0.2, 0.25) is 10.0 Å². The lowest BCUT2D eigenvalue weighted by atomic mass is 10.0. The summed E-state index contributed by atoms with van der Waals surface area (Å²) in [6.07, 6.45) is 1.23. The highest BCUT2D eigenvalue weighted by molar-refractivity contribution is 6.42. The Morgan fingerprint density at radius 1 is 1.38 bits per heavy atom. The fraction of sp³-hybridized carbons (Fsp3) is 0.588. The first-order chi connectivity index (χ1) is 11.5. The molecule has 0 radical (unpaired) electrons. The Balaban J connectivity index is 1.79. The molecule has 5 nitrogen and oxygen atoms in total. The first kappa shape index (κ1) is 19.3. The third-order valence-electron chi connectivity index (χ3n) is 4.13. The van der Waals surface area contributed by atoms with Crippen LogP contribution in [-0.2, 0) is 9.53 Å². The Hall–Kier alpha value is -1.01. The van der Waals surface area contributed by atoms with Crippen molar-refractivity contribution in [3.63, 3.8) is 0 Å². The third-order valence-corrected chi connectivity index (χ3v) is 4.94. The quantitative estimate of drug-likeness (QED) is 0.796. The number of hydrogen-bond acceptors (Lipinski definition) is 4. The van der Waals surface area contributed by atoms with Gasteiger partial charge >= 0.3 is 0 Å². The molecule has 24 heavy (non-hydrogen) atoms. The molecule has 1 atom stereocenters. The molecule has 2 rings (SSSR count). The highest BCUT2D eigenvalue weighted by atomic mass is 35.5. The Morgan fingerprint density at radius 3 is 2.75 bits per heavy atom. The van der Waals surface area contributed by atoms with Gasteiger partial charge in [-0.05, 0) is 31.9 Å². The molecule has 0 spiro atoms. The van der Waals surface area contributed by atoms with Gasteiger partial charge in [0.05, 0.1) is 11.6 Å². The number of amides is 1. The lowest BCUT2D eigenvalue weighted by Crippen LogP contribution is -2.48. The molecule has 0 unspecified atom stereocenters. The number of methoxy groups -OCH3 is 1. The SMILES string of the molecule is COCCN1CCC(NC(=O)[C@H](C)Oc2cccc(Cl)c2Cl)CC1. The molecule has 1 amide bonds. The molecule has 0 bridgehead atoms. The number of nitrogens with zero attached hydrogens (tertiary/aromatic N) is 1. The minimum atomic E-state index is -0.632. The molecule has 1 fully saturated rings. The fourth-order valence-corrected chi connectivity index (χ4v) is 3.00. The van der Waals surface area contributed by atoms with Gasteiger partial charge < -0.3 is 19.7 Å². The number of rotatable bonds is 7. The number of halogens is 2. The van der Waals surface area contributed by atoms with Crippen molar-refractivity contribution in [1.82, 2.24) is 10.2 Å². The number of ether oxygens (including phenoxy) is 2. The van der Waals surface area contributed by atoms with E-state index in [1.807, 2.05) is 0 Å². The van der Waals surface area contributed by atoms with Crippen LogP contribution in [0.15, 0.2) is 18.2 Å². The zero-order valence-electron chi connectivity index (χ0n) is 14.1. The average molecular weight is 375 g/mol. The molecule has 1 aliphatic rings. The molecular weight excluding hydrogens is 351 g/mol. The van der Waals surface area contributed by atoms with Crippen LogP contribution in [0.1, 0.15) is 19.8 Å². The molecule has 7 heteroatoms. The Kier molecular flexibility index (Phi) is 7.62. The Bertz CT molecular complexity index is 549. The van der Waals surface area contributed by atoms with E-state index < -0.39 is 6.10 Å². The highest BCUT2D eigenvalue weighted by Gasteiger charge is 2.24. The van der Waals surface area contributed by atoms with Crippen LogP contribution in [-0.4, -0.2) is 56.3 Å². The lowest BCUT2D eigenvalue weighted by Gasteiger charge is -2.32. The highest BCUT2D eigenvalue weighted by Crippen LogP contribution is 2.32. The summed E-state index contributed by atoms with van der Waals surface area (Å²) in [6, 6.07) is 5.30. The summed E-state index contributed by atoms with van der Waals surface area (Å²) >= 11 is 12.0. The first-order valence-electron chi connectivity index (χ1n) is 8.13. The molecule has 1 saturated heterocycles. The number of benzene rings is 1. The zero-order chi connectivity index (χ0) is 17.5. The molecular formula is C17H24Cl2N2O3. The molecule has 134 valence electrons. The number of carbonyl (C=O) groups is 1. The molecule has 1 heterocycles. The number of nitrogens with one attached hydrogen (secondary N) is 1. The van der Waals surface area contributed by atoms with E-state index in [1.165, 1.54) is 0 Å². The number of piperidine rings is 1. The largest absolute Gasteiger partial charge is 0.479 e. The second-order valence-electron chi connectivity index (χ2n) is 5.93. The maximum absolute atomic E-state index is 12.3. The van der Waals surface area contributed by atoms with Gasteiger partial charge in [0.1, 0.15) is 10.8 Å². The van der Waals surface area contributed by atoms with E-state index in [4.69, 9.17) is 32.7 Å². The van der Waals surface area contributed by atoms with Crippen molar-refractivity contribution in [2.24, 2.45) is 0 Å². The van der Waals surface area contributed by atoms with E-state index in [2.05, 4.69) is 10.2 Å². The van der Waals surface area contributed by atoms with Gasteiger partial charge in [0.15, 0.2) is 6.10 Å². The summed E-state index contributed by atoms with van der Waals surface area (Å²) in [7, 11) is 1.71. The van der Waals surface area contributed by atoms with Gasteiger partial charge in [-0.1, -0.05) is 29.3 Å². The predicted octanol–water partition coefficient (Wildman–Crippen LogP) is 2.99. The van der Waals surface area contributed by atoms with Gasteiger partial charge in [-0.2, -0.15) is 0 Å². The second kappa shape index (κ2) is 9.47. The van der Waals surface area contributed by atoms with Crippen LogP contribution in [0.5, 0.6) is 5.75 Å². The van der Waals surface area contributed by atoms with E-state index in [1.54, 1.807) is 32.2 Å².